The molecule has 0 spiro atoms. The van der Waals surface area contributed by atoms with Gasteiger partial charge in [0.15, 0.2) is 0 Å². The van der Waals surface area contributed by atoms with Crippen molar-refractivity contribution >= 4 is 16.7 Å². The van der Waals surface area contributed by atoms with E-state index in [0.717, 1.165) is 46.5 Å². The van der Waals surface area contributed by atoms with Crippen molar-refractivity contribution in [2.24, 2.45) is 5.92 Å². The molecule has 3 aromatic rings. The van der Waals surface area contributed by atoms with Crippen LogP contribution in [0.2, 0.25) is 0 Å². The third-order valence-electron chi connectivity index (χ3n) is 4.11. The Bertz CT molecular complexity index is 834. The van der Waals surface area contributed by atoms with Crippen LogP contribution >= 0.6 is 0 Å². The molecule has 5 nitrogen and oxygen atoms in total. The lowest BCUT2D eigenvalue weighted by molar-refractivity contribution is 0.311. The third-order valence-corrected chi connectivity index (χ3v) is 4.11. The molecule has 0 fully saturated rings. The number of benzene rings is 1. The summed E-state index contributed by atoms with van der Waals surface area (Å²) in [6.07, 6.45) is 5.49. The van der Waals surface area contributed by atoms with Crippen LogP contribution in [0.1, 0.15) is 26.1 Å². The van der Waals surface area contributed by atoms with E-state index >= 15 is 0 Å². The number of anilines is 1. The predicted octanol–water partition coefficient (Wildman–Crippen LogP) is 3.68. The summed E-state index contributed by atoms with van der Waals surface area (Å²) in [6.45, 7) is 4.94. The first-order valence-electron chi connectivity index (χ1n) is 8.73. The van der Waals surface area contributed by atoms with Crippen LogP contribution in [0.4, 0.5) is 5.82 Å². The fourth-order valence-corrected chi connectivity index (χ4v) is 2.74. The Morgan fingerprint density at radius 3 is 2.56 bits per heavy atom. The Morgan fingerprint density at radius 1 is 1.04 bits per heavy atom. The van der Waals surface area contributed by atoms with Gasteiger partial charge in [0.25, 0.3) is 0 Å². The van der Waals surface area contributed by atoms with Gasteiger partial charge in [-0.2, -0.15) is 0 Å². The zero-order valence-corrected chi connectivity index (χ0v) is 14.7. The summed E-state index contributed by atoms with van der Waals surface area (Å²) in [4.78, 5) is 13.5. The summed E-state index contributed by atoms with van der Waals surface area (Å²) in [5.41, 5.74) is 3.13. The lowest BCUT2D eigenvalue weighted by Crippen LogP contribution is -2.10. The van der Waals surface area contributed by atoms with E-state index in [1.54, 1.807) is 12.4 Å². The predicted molar refractivity (Wildman–Crippen MR) is 102 cm³/mol. The molecular formula is C20H24N4O. The zero-order valence-electron chi connectivity index (χ0n) is 14.7. The molecule has 0 aliphatic rings. The van der Waals surface area contributed by atoms with Crippen molar-refractivity contribution in [2.45, 2.75) is 26.7 Å². The van der Waals surface area contributed by atoms with Gasteiger partial charge >= 0.3 is 0 Å². The molecule has 0 saturated heterocycles. The standard InChI is InChI=1S/C20H24N4O/c1-14(2)3-6-19-23-18-5-4-16(15-7-9-21-10-8-15)13-17(18)20(24-19)22-11-12-25/h4-5,7-10,13-14,25H,3,6,11-12H2,1-2H3,(H,22,23,24). The van der Waals surface area contributed by atoms with Crippen LogP contribution in [0.5, 0.6) is 0 Å². The fraction of sp³-hybridized carbons (Fsp3) is 0.350. The molecule has 0 bridgehead atoms. The van der Waals surface area contributed by atoms with Crippen molar-refractivity contribution in [3.8, 4) is 11.1 Å². The van der Waals surface area contributed by atoms with Crippen molar-refractivity contribution in [3.05, 3.63) is 48.5 Å². The van der Waals surface area contributed by atoms with Gasteiger partial charge in [0.2, 0.25) is 0 Å². The summed E-state index contributed by atoms with van der Waals surface area (Å²) < 4.78 is 0. The molecule has 2 N–H and O–H groups in total. The van der Waals surface area contributed by atoms with Gasteiger partial charge in [0.05, 0.1) is 12.1 Å². The molecule has 0 aliphatic heterocycles. The summed E-state index contributed by atoms with van der Waals surface area (Å²) in [7, 11) is 0. The number of hydrogen-bond acceptors (Lipinski definition) is 5. The van der Waals surface area contributed by atoms with Crippen molar-refractivity contribution in [2.75, 3.05) is 18.5 Å². The highest BCUT2D eigenvalue weighted by molar-refractivity contribution is 5.92. The van der Waals surface area contributed by atoms with Crippen LogP contribution in [0, 0.1) is 5.92 Å². The first kappa shape index (κ1) is 17.3. The summed E-state index contributed by atoms with van der Waals surface area (Å²) in [5, 5.41) is 13.4. The molecule has 0 unspecified atom stereocenters. The van der Waals surface area contributed by atoms with Gasteiger partial charge in [-0.1, -0.05) is 19.9 Å². The van der Waals surface area contributed by atoms with Gasteiger partial charge in [0.1, 0.15) is 11.6 Å². The Balaban J connectivity index is 2.03. The van der Waals surface area contributed by atoms with Crippen LogP contribution in [-0.4, -0.2) is 33.2 Å². The molecule has 0 amide bonds. The van der Waals surface area contributed by atoms with Gasteiger partial charge in [-0.15, -0.1) is 0 Å². The topological polar surface area (TPSA) is 70.9 Å². The van der Waals surface area contributed by atoms with E-state index in [4.69, 9.17) is 15.1 Å². The maximum Gasteiger partial charge on any atom is 0.137 e. The number of aromatic nitrogens is 3. The van der Waals surface area contributed by atoms with Crippen molar-refractivity contribution in [3.63, 3.8) is 0 Å². The quantitative estimate of drug-likeness (QED) is 0.688. The third kappa shape index (κ3) is 4.31. The van der Waals surface area contributed by atoms with E-state index in [1.165, 1.54) is 0 Å². The summed E-state index contributed by atoms with van der Waals surface area (Å²) in [6, 6.07) is 10.2. The first-order chi connectivity index (χ1) is 12.2. The Labute approximate surface area is 148 Å². The van der Waals surface area contributed by atoms with Crippen LogP contribution < -0.4 is 5.32 Å². The van der Waals surface area contributed by atoms with Crippen molar-refractivity contribution in [1.82, 2.24) is 15.0 Å². The van der Waals surface area contributed by atoms with E-state index in [0.29, 0.717) is 12.5 Å². The number of nitrogens with one attached hydrogen (secondary N) is 1. The average molecular weight is 336 g/mol. The van der Waals surface area contributed by atoms with Crippen LogP contribution in [0.3, 0.4) is 0 Å². The maximum atomic E-state index is 9.16. The molecule has 0 atom stereocenters. The molecule has 130 valence electrons. The highest BCUT2D eigenvalue weighted by atomic mass is 16.3. The first-order valence-corrected chi connectivity index (χ1v) is 8.73. The summed E-state index contributed by atoms with van der Waals surface area (Å²) >= 11 is 0. The highest BCUT2D eigenvalue weighted by Gasteiger charge is 2.10. The van der Waals surface area contributed by atoms with E-state index in [9.17, 15) is 0 Å². The van der Waals surface area contributed by atoms with Crippen LogP contribution in [-0.2, 0) is 6.42 Å². The minimum atomic E-state index is 0.0663. The molecular weight excluding hydrogens is 312 g/mol. The molecule has 3 rings (SSSR count). The number of nitrogens with zero attached hydrogens (tertiary/aromatic N) is 3. The number of aliphatic hydroxyl groups excluding tert-OH is 1. The Hall–Kier alpha value is -2.53. The second kappa shape index (κ2) is 8.03. The Morgan fingerprint density at radius 2 is 1.84 bits per heavy atom. The Kier molecular flexibility index (Phi) is 5.56. The lowest BCUT2D eigenvalue weighted by Gasteiger charge is -2.12. The minimum Gasteiger partial charge on any atom is -0.395 e. The number of aliphatic hydroxyl groups is 1. The number of aryl methyl sites for hydroxylation is 1. The molecule has 2 aromatic heterocycles. The second-order valence-corrected chi connectivity index (χ2v) is 6.54. The SMILES string of the molecule is CC(C)CCc1nc(NCCO)c2cc(-c3ccncc3)ccc2n1. The summed E-state index contributed by atoms with van der Waals surface area (Å²) in [5.74, 6) is 2.24. The van der Waals surface area contributed by atoms with Crippen LogP contribution in [0.15, 0.2) is 42.7 Å². The molecule has 0 radical (unpaired) electrons. The van der Waals surface area contributed by atoms with E-state index in [1.807, 2.05) is 18.2 Å². The molecule has 2 heterocycles. The number of rotatable bonds is 7. The zero-order chi connectivity index (χ0) is 17.6. The smallest absolute Gasteiger partial charge is 0.137 e. The van der Waals surface area contributed by atoms with E-state index in [2.05, 4.69) is 36.3 Å². The molecule has 25 heavy (non-hydrogen) atoms. The minimum absolute atomic E-state index is 0.0663. The second-order valence-electron chi connectivity index (χ2n) is 6.54. The van der Waals surface area contributed by atoms with E-state index in [-0.39, 0.29) is 6.61 Å². The van der Waals surface area contributed by atoms with Gasteiger partial charge < -0.3 is 10.4 Å². The van der Waals surface area contributed by atoms with Gasteiger partial charge in [-0.25, -0.2) is 9.97 Å². The number of fused-ring (bicyclic) bond motifs is 1. The fourth-order valence-electron chi connectivity index (χ4n) is 2.74. The van der Waals surface area contributed by atoms with Gasteiger partial charge in [0, 0.05) is 30.7 Å². The van der Waals surface area contributed by atoms with Crippen molar-refractivity contribution in [1.29, 1.82) is 0 Å². The lowest BCUT2D eigenvalue weighted by atomic mass is 10.0. The van der Waals surface area contributed by atoms with Gasteiger partial charge in [-0.05, 0) is 47.7 Å². The monoisotopic (exact) mass is 336 g/mol. The molecule has 1 aromatic carbocycles. The average Bonchev–Trinajstić information content (AvgIpc) is 2.64. The van der Waals surface area contributed by atoms with Crippen molar-refractivity contribution < 1.29 is 5.11 Å². The molecule has 0 saturated carbocycles. The highest BCUT2D eigenvalue weighted by Crippen LogP contribution is 2.27. The molecule has 5 heteroatoms. The van der Waals surface area contributed by atoms with E-state index < -0.39 is 0 Å². The van der Waals surface area contributed by atoms with Gasteiger partial charge in [-0.3, -0.25) is 4.98 Å². The number of hydrogen-bond donors (Lipinski definition) is 2. The number of pyridine rings is 1. The van der Waals surface area contributed by atoms with Crippen LogP contribution in [0.25, 0.3) is 22.0 Å². The molecule has 0 aliphatic carbocycles. The maximum absolute atomic E-state index is 9.16. The largest absolute Gasteiger partial charge is 0.395 e. The normalized spacial score (nSPS) is 11.2.